The van der Waals surface area contributed by atoms with Crippen molar-refractivity contribution in [3.63, 3.8) is 0 Å². The molecule has 0 N–H and O–H groups in total. The molecule has 0 aromatic heterocycles. The van der Waals surface area contributed by atoms with E-state index in [0.717, 1.165) is 37.7 Å². The van der Waals surface area contributed by atoms with Gasteiger partial charge < -0.3 is 4.74 Å². The van der Waals surface area contributed by atoms with Crippen molar-refractivity contribution in [1.82, 2.24) is 0 Å². The highest BCUT2D eigenvalue weighted by atomic mass is 16.5. The minimum atomic E-state index is -0.995. The molecule has 2 aliphatic carbocycles. The Labute approximate surface area is 95.9 Å². The van der Waals surface area contributed by atoms with Crippen LogP contribution in [0.25, 0.3) is 0 Å². The fourth-order valence-corrected chi connectivity index (χ4v) is 3.30. The summed E-state index contributed by atoms with van der Waals surface area (Å²) < 4.78 is 4.87. The number of hydrogen-bond donors (Lipinski definition) is 0. The lowest BCUT2D eigenvalue weighted by Crippen LogP contribution is -2.43. The van der Waals surface area contributed by atoms with Crippen LogP contribution in [0.1, 0.15) is 38.5 Å². The Morgan fingerprint density at radius 2 is 2.12 bits per heavy atom. The molecule has 0 saturated heterocycles. The second-order valence-corrected chi connectivity index (χ2v) is 4.81. The maximum atomic E-state index is 12.3. The van der Waals surface area contributed by atoms with Gasteiger partial charge in [-0.15, -0.1) is 0 Å². The summed E-state index contributed by atoms with van der Waals surface area (Å²) in [5.41, 5.74) is -0.220. The van der Waals surface area contributed by atoms with Crippen LogP contribution >= 0.6 is 0 Å². The number of fused-ring (bicyclic) bond motifs is 1. The van der Waals surface area contributed by atoms with Gasteiger partial charge in [0.1, 0.15) is 5.41 Å². The Morgan fingerprint density at radius 1 is 1.38 bits per heavy atom. The topological polar surface area (TPSA) is 43.4 Å². The Bertz CT molecular complexity index is 345. The number of rotatable bonds is 1. The number of ether oxygens (including phenoxy) is 1. The normalized spacial score (nSPS) is 34.4. The molecule has 16 heavy (non-hydrogen) atoms. The number of ketones is 1. The van der Waals surface area contributed by atoms with Gasteiger partial charge in [-0.1, -0.05) is 18.6 Å². The molecule has 3 nitrogen and oxygen atoms in total. The molecule has 0 radical (unpaired) electrons. The van der Waals surface area contributed by atoms with Crippen LogP contribution in [0, 0.1) is 11.3 Å². The van der Waals surface area contributed by atoms with Crippen LogP contribution < -0.4 is 0 Å². The third kappa shape index (κ3) is 1.34. The van der Waals surface area contributed by atoms with Crippen molar-refractivity contribution in [3.8, 4) is 0 Å². The van der Waals surface area contributed by atoms with Gasteiger partial charge in [-0.25, -0.2) is 0 Å². The lowest BCUT2D eigenvalue weighted by Gasteiger charge is -2.30. The van der Waals surface area contributed by atoms with Gasteiger partial charge >= 0.3 is 5.97 Å². The molecule has 0 amide bonds. The summed E-state index contributed by atoms with van der Waals surface area (Å²) in [6.07, 6.45) is 5.04. The zero-order valence-electron chi connectivity index (χ0n) is 9.75. The van der Waals surface area contributed by atoms with E-state index < -0.39 is 5.41 Å². The van der Waals surface area contributed by atoms with Gasteiger partial charge in [-0.3, -0.25) is 9.59 Å². The number of carbonyl (C=O) groups is 2. The van der Waals surface area contributed by atoms with Crippen LogP contribution in [0.3, 0.4) is 0 Å². The summed E-state index contributed by atoms with van der Waals surface area (Å²) in [5, 5.41) is 0. The minimum absolute atomic E-state index is 0.0318. The average Bonchev–Trinajstić information content (AvgIpc) is 2.51. The van der Waals surface area contributed by atoms with Crippen LogP contribution in [0.5, 0.6) is 0 Å². The Morgan fingerprint density at radius 3 is 2.81 bits per heavy atom. The van der Waals surface area contributed by atoms with Crippen molar-refractivity contribution in [2.75, 3.05) is 7.11 Å². The highest BCUT2D eigenvalue weighted by molar-refractivity contribution is 6.08. The van der Waals surface area contributed by atoms with Gasteiger partial charge in [-0.2, -0.15) is 0 Å². The summed E-state index contributed by atoms with van der Waals surface area (Å²) in [6, 6.07) is 0. The zero-order chi connectivity index (χ0) is 11.8. The smallest absolute Gasteiger partial charge is 0.323 e. The van der Waals surface area contributed by atoms with Gasteiger partial charge in [0.2, 0.25) is 0 Å². The standard InChI is InChI=1S/C13H18O3/c1-9-7-8-10-5-3-4-6-11(14)13(9,10)12(15)16-2/h10H,1,3-8H2,2H3/t10-,13-/m0/s1. The van der Waals surface area contributed by atoms with Crippen LogP contribution in [0.4, 0.5) is 0 Å². The Balaban J connectivity index is 2.48. The van der Waals surface area contributed by atoms with Gasteiger partial charge in [0.15, 0.2) is 5.78 Å². The van der Waals surface area contributed by atoms with Crippen molar-refractivity contribution in [2.24, 2.45) is 11.3 Å². The first-order chi connectivity index (χ1) is 7.64. The van der Waals surface area contributed by atoms with Crippen LogP contribution in [0.2, 0.25) is 0 Å². The SMILES string of the molecule is C=C1CC[C@@H]2CCCCC(=O)[C@]12C(=O)OC. The minimum Gasteiger partial charge on any atom is -0.468 e. The molecule has 2 rings (SSSR count). The molecular formula is C13H18O3. The Kier molecular flexibility index (Phi) is 2.87. The molecule has 0 heterocycles. The van der Waals surface area contributed by atoms with E-state index in [1.54, 1.807) is 0 Å². The predicted octanol–water partition coefficient (Wildman–Crippen LogP) is 2.26. The first-order valence-electron chi connectivity index (χ1n) is 5.94. The zero-order valence-corrected chi connectivity index (χ0v) is 9.75. The number of carbonyl (C=O) groups excluding carboxylic acids is 2. The molecule has 2 saturated carbocycles. The highest BCUT2D eigenvalue weighted by Gasteiger charge is 2.57. The summed E-state index contributed by atoms with van der Waals surface area (Å²) in [6.45, 7) is 3.95. The Hall–Kier alpha value is -1.12. The largest absolute Gasteiger partial charge is 0.468 e. The van der Waals surface area contributed by atoms with E-state index in [0.29, 0.717) is 6.42 Å². The van der Waals surface area contributed by atoms with E-state index in [1.165, 1.54) is 7.11 Å². The molecule has 0 aliphatic heterocycles. The van der Waals surface area contributed by atoms with E-state index in [9.17, 15) is 9.59 Å². The second-order valence-electron chi connectivity index (χ2n) is 4.81. The van der Waals surface area contributed by atoms with Crippen molar-refractivity contribution >= 4 is 11.8 Å². The molecular weight excluding hydrogens is 204 g/mol. The molecule has 0 unspecified atom stereocenters. The molecule has 2 fully saturated rings. The number of esters is 1. The van der Waals surface area contributed by atoms with Crippen LogP contribution in [0.15, 0.2) is 12.2 Å². The highest BCUT2D eigenvalue weighted by Crippen LogP contribution is 2.52. The molecule has 2 atom stereocenters. The fraction of sp³-hybridized carbons (Fsp3) is 0.692. The van der Waals surface area contributed by atoms with Gasteiger partial charge in [0, 0.05) is 6.42 Å². The van der Waals surface area contributed by atoms with Crippen LogP contribution in [-0.2, 0) is 14.3 Å². The summed E-state index contributed by atoms with van der Waals surface area (Å²) in [4.78, 5) is 24.3. The van der Waals surface area contributed by atoms with Crippen LogP contribution in [-0.4, -0.2) is 18.9 Å². The summed E-state index contributed by atoms with van der Waals surface area (Å²) >= 11 is 0. The van der Waals surface area contributed by atoms with E-state index in [4.69, 9.17) is 4.74 Å². The first kappa shape index (κ1) is 11.4. The van der Waals surface area contributed by atoms with Gasteiger partial charge in [0.25, 0.3) is 0 Å². The predicted molar refractivity (Wildman–Crippen MR) is 59.8 cm³/mol. The number of hydrogen-bond acceptors (Lipinski definition) is 3. The third-order valence-corrected chi connectivity index (χ3v) is 4.12. The molecule has 3 heteroatoms. The summed E-state index contributed by atoms with van der Waals surface area (Å²) in [5.74, 6) is -0.223. The van der Waals surface area contributed by atoms with E-state index >= 15 is 0 Å². The van der Waals surface area contributed by atoms with Crippen molar-refractivity contribution in [1.29, 1.82) is 0 Å². The van der Waals surface area contributed by atoms with E-state index in [2.05, 4.69) is 6.58 Å². The first-order valence-corrected chi connectivity index (χ1v) is 5.94. The summed E-state index contributed by atoms with van der Waals surface area (Å²) in [7, 11) is 1.36. The maximum absolute atomic E-state index is 12.3. The third-order valence-electron chi connectivity index (χ3n) is 4.12. The fourth-order valence-electron chi connectivity index (χ4n) is 3.30. The van der Waals surface area contributed by atoms with E-state index in [1.807, 2.05) is 0 Å². The maximum Gasteiger partial charge on any atom is 0.323 e. The molecule has 0 spiro atoms. The average molecular weight is 222 g/mol. The molecule has 2 aliphatic rings. The quantitative estimate of drug-likeness (QED) is 0.388. The van der Waals surface area contributed by atoms with Gasteiger partial charge in [-0.05, 0) is 31.6 Å². The molecule has 88 valence electrons. The molecule has 0 bridgehead atoms. The van der Waals surface area contributed by atoms with E-state index in [-0.39, 0.29) is 17.7 Å². The molecule has 0 aromatic rings. The second kappa shape index (κ2) is 4.04. The van der Waals surface area contributed by atoms with Crippen molar-refractivity contribution in [2.45, 2.75) is 38.5 Å². The van der Waals surface area contributed by atoms with Crippen molar-refractivity contribution < 1.29 is 14.3 Å². The lowest BCUT2D eigenvalue weighted by atomic mass is 9.71. The number of methoxy groups -OCH3 is 1. The van der Waals surface area contributed by atoms with Gasteiger partial charge in [0.05, 0.1) is 7.11 Å². The number of Topliss-reactive ketones (excluding diaryl/α,β-unsaturated/α-hetero) is 1. The van der Waals surface area contributed by atoms with Crippen molar-refractivity contribution in [3.05, 3.63) is 12.2 Å². The molecule has 0 aromatic carbocycles. The monoisotopic (exact) mass is 222 g/mol. The lowest BCUT2D eigenvalue weighted by molar-refractivity contribution is -0.157.